The summed E-state index contributed by atoms with van der Waals surface area (Å²) < 4.78 is 43.4. The Morgan fingerprint density at radius 1 is 1.32 bits per heavy atom. The van der Waals surface area contributed by atoms with Gasteiger partial charge in [0.1, 0.15) is 0 Å². The summed E-state index contributed by atoms with van der Waals surface area (Å²) in [5, 5.41) is 6.13. The molecule has 0 unspecified atom stereocenters. The Hall–Kier alpha value is -1.31. The summed E-state index contributed by atoms with van der Waals surface area (Å²) in [4.78, 5) is 12.1. The number of methoxy groups -OCH3 is 1. The van der Waals surface area contributed by atoms with Gasteiger partial charge in [-0.25, -0.2) is 0 Å². The molecule has 0 radical (unpaired) electrons. The number of rotatable bonds is 6. The van der Waals surface area contributed by atoms with Crippen LogP contribution in [0.15, 0.2) is 24.3 Å². The summed E-state index contributed by atoms with van der Waals surface area (Å²) in [6.07, 6.45) is -2.68. The summed E-state index contributed by atoms with van der Waals surface area (Å²) >= 11 is 0. The Morgan fingerprint density at radius 3 is 2.60 bits per heavy atom. The third kappa shape index (κ3) is 6.49. The van der Waals surface area contributed by atoms with E-state index in [1.54, 1.807) is 7.11 Å². The van der Waals surface area contributed by atoms with Gasteiger partial charge in [0.05, 0.1) is 18.6 Å². The third-order valence-electron chi connectivity index (χ3n) is 4.39. The van der Waals surface area contributed by atoms with Crippen LogP contribution in [0.2, 0.25) is 0 Å². The maximum atomic E-state index is 12.7. The molecule has 0 aliphatic carbocycles. The Bertz CT molecular complexity index is 556. The molecule has 1 aromatic carbocycles. The lowest BCUT2D eigenvalue weighted by atomic mass is 9.79. The average molecular weight is 381 g/mol. The maximum absolute atomic E-state index is 12.7. The van der Waals surface area contributed by atoms with Crippen LogP contribution in [0.5, 0.6) is 0 Å². The van der Waals surface area contributed by atoms with Crippen LogP contribution < -0.4 is 10.6 Å². The standard InChI is InChI=1S/C17H23F3N2O2.ClH/c1-24-12-16(5-7-21-8-6-16)11-22-15(23)10-13-3-2-4-14(9-13)17(18,19)20;/h2-4,9,21H,5-8,10-12H2,1H3,(H,22,23);1H. The number of nitrogens with one attached hydrogen (secondary N) is 2. The molecule has 0 aromatic heterocycles. The second-order valence-corrected chi connectivity index (χ2v) is 6.33. The van der Waals surface area contributed by atoms with Gasteiger partial charge in [0.2, 0.25) is 5.91 Å². The van der Waals surface area contributed by atoms with E-state index in [0.29, 0.717) is 18.7 Å². The van der Waals surface area contributed by atoms with E-state index in [4.69, 9.17) is 4.74 Å². The molecule has 0 bridgehead atoms. The molecule has 0 spiro atoms. The van der Waals surface area contributed by atoms with Gasteiger partial charge < -0.3 is 15.4 Å². The van der Waals surface area contributed by atoms with Gasteiger partial charge in [0, 0.05) is 19.1 Å². The highest BCUT2D eigenvalue weighted by Gasteiger charge is 2.33. The first-order valence-electron chi connectivity index (χ1n) is 7.97. The molecule has 142 valence electrons. The van der Waals surface area contributed by atoms with Gasteiger partial charge in [-0.15, -0.1) is 12.4 Å². The summed E-state index contributed by atoms with van der Waals surface area (Å²) in [5.41, 5.74) is -0.487. The SMILES string of the molecule is COCC1(CNC(=O)Cc2cccc(C(F)(F)F)c2)CCNCC1.Cl. The highest BCUT2D eigenvalue weighted by atomic mass is 35.5. The summed E-state index contributed by atoms with van der Waals surface area (Å²) in [6, 6.07) is 4.88. The van der Waals surface area contributed by atoms with Crippen molar-refractivity contribution in [3.05, 3.63) is 35.4 Å². The monoisotopic (exact) mass is 380 g/mol. The molecule has 4 nitrogen and oxygen atoms in total. The second kappa shape index (κ2) is 9.40. The van der Waals surface area contributed by atoms with E-state index in [1.165, 1.54) is 12.1 Å². The molecule has 8 heteroatoms. The normalized spacial score (nSPS) is 16.8. The molecule has 1 aliphatic rings. The van der Waals surface area contributed by atoms with Crippen molar-refractivity contribution in [3.8, 4) is 0 Å². The molecule has 1 aliphatic heterocycles. The van der Waals surface area contributed by atoms with E-state index in [2.05, 4.69) is 10.6 Å². The van der Waals surface area contributed by atoms with Gasteiger partial charge in [0.25, 0.3) is 0 Å². The number of alkyl halides is 3. The summed E-state index contributed by atoms with van der Waals surface area (Å²) in [5.74, 6) is -0.275. The number of carbonyl (C=O) groups excluding carboxylic acids is 1. The molecule has 2 rings (SSSR count). The summed E-state index contributed by atoms with van der Waals surface area (Å²) in [6.45, 7) is 2.76. The molecule has 25 heavy (non-hydrogen) atoms. The van der Waals surface area contributed by atoms with Crippen LogP contribution >= 0.6 is 12.4 Å². The highest BCUT2D eigenvalue weighted by Crippen LogP contribution is 2.30. The lowest BCUT2D eigenvalue weighted by molar-refractivity contribution is -0.137. The van der Waals surface area contributed by atoms with Crippen molar-refractivity contribution in [2.45, 2.75) is 25.4 Å². The van der Waals surface area contributed by atoms with Crippen molar-refractivity contribution in [1.82, 2.24) is 10.6 Å². The van der Waals surface area contributed by atoms with Crippen LogP contribution in [-0.2, 0) is 22.1 Å². The minimum Gasteiger partial charge on any atom is -0.384 e. The largest absolute Gasteiger partial charge is 0.416 e. The van der Waals surface area contributed by atoms with Gasteiger partial charge in [-0.05, 0) is 37.6 Å². The number of piperidine rings is 1. The number of halogens is 4. The lowest BCUT2D eigenvalue weighted by Crippen LogP contribution is -2.47. The van der Waals surface area contributed by atoms with Crippen LogP contribution in [0, 0.1) is 5.41 Å². The first kappa shape index (κ1) is 21.7. The van der Waals surface area contributed by atoms with Crippen LogP contribution in [0.4, 0.5) is 13.2 Å². The lowest BCUT2D eigenvalue weighted by Gasteiger charge is -2.37. The van der Waals surface area contributed by atoms with Crippen molar-refractivity contribution >= 4 is 18.3 Å². The van der Waals surface area contributed by atoms with Crippen LogP contribution in [0.25, 0.3) is 0 Å². The van der Waals surface area contributed by atoms with Gasteiger partial charge in [0.15, 0.2) is 0 Å². The third-order valence-corrected chi connectivity index (χ3v) is 4.39. The van der Waals surface area contributed by atoms with Crippen molar-refractivity contribution in [2.24, 2.45) is 5.41 Å². The Morgan fingerprint density at radius 2 is 2.00 bits per heavy atom. The van der Waals surface area contributed by atoms with Crippen molar-refractivity contribution in [3.63, 3.8) is 0 Å². The zero-order valence-corrected chi connectivity index (χ0v) is 14.9. The molecule has 1 fully saturated rings. The van der Waals surface area contributed by atoms with Crippen molar-refractivity contribution in [2.75, 3.05) is 33.4 Å². The predicted molar refractivity (Wildman–Crippen MR) is 91.8 cm³/mol. The van der Waals surface area contributed by atoms with Gasteiger partial charge in [-0.1, -0.05) is 18.2 Å². The first-order chi connectivity index (χ1) is 11.3. The summed E-state index contributed by atoms with van der Waals surface area (Å²) in [7, 11) is 1.63. The molecule has 0 saturated carbocycles. The fourth-order valence-corrected chi connectivity index (χ4v) is 3.03. The second-order valence-electron chi connectivity index (χ2n) is 6.33. The van der Waals surface area contributed by atoms with E-state index in [-0.39, 0.29) is 30.2 Å². The Labute approximate surface area is 151 Å². The minimum atomic E-state index is -4.40. The van der Waals surface area contributed by atoms with Crippen LogP contribution in [0.1, 0.15) is 24.0 Å². The number of hydrogen-bond donors (Lipinski definition) is 2. The average Bonchev–Trinajstić information content (AvgIpc) is 2.54. The molecule has 1 saturated heterocycles. The fourth-order valence-electron chi connectivity index (χ4n) is 3.03. The molecular formula is C17H24ClF3N2O2. The fraction of sp³-hybridized carbons (Fsp3) is 0.588. The Balaban J connectivity index is 0.00000312. The van der Waals surface area contributed by atoms with Crippen LogP contribution in [-0.4, -0.2) is 39.3 Å². The molecule has 2 N–H and O–H groups in total. The van der Waals surface area contributed by atoms with Gasteiger partial charge in [-0.3, -0.25) is 4.79 Å². The van der Waals surface area contributed by atoms with E-state index < -0.39 is 11.7 Å². The van der Waals surface area contributed by atoms with E-state index >= 15 is 0 Å². The molecule has 0 atom stereocenters. The molecular weight excluding hydrogens is 357 g/mol. The van der Waals surface area contributed by atoms with Gasteiger partial charge >= 0.3 is 6.18 Å². The van der Waals surface area contributed by atoms with Gasteiger partial charge in [-0.2, -0.15) is 13.2 Å². The zero-order chi connectivity index (χ0) is 17.6. The van der Waals surface area contributed by atoms with Crippen molar-refractivity contribution in [1.29, 1.82) is 0 Å². The molecule has 1 amide bonds. The number of benzene rings is 1. The van der Waals surface area contributed by atoms with E-state index in [0.717, 1.165) is 38.1 Å². The smallest absolute Gasteiger partial charge is 0.384 e. The highest BCUT2D eigenvalue weighted by molar-refractivity contribution is 5.85. The first-order valence-corrected chi connectivity index (χ1v) is 7.97. The number of amides is 1. The van der Waals surface area contributed by atoms with Crippen molar-refractivity contribution < 1.29 is 22.7 Å². The topological polar surface area (TPSA) is 50.4 Å². The van der Waals surface area contributed by atoms with E-state index in [1.807, 2.05) is 0 Å². The zero-order valence-electron chi connectivity index (χ0n) is 14.1. The number of carbonyl (C=O) groups is 1. The predicted octanol–water partition coefficient (Wildman–Crippen LogP) is 2.80. The minimum absolute atomic E-state index is 0. The molecule has 1 aromatic rings. The van der Waals surface area contributed by atoms with Crippen LogP contribution in [0.3, 0.4) is 0 Å². The quantitative estimate of drug-likeness (QED) is 0.798. The number of hydrogen-bond acceptors (Lipinski definition) is 3. The van der Waals surface area contributed by atoms with E-state index in [9.17, 15) is 18.0 Å². The molecule has 1 heterocycles. The Kier molecular flexibility index (Phi) is 8.18. The maximum Gasteiger partial charge on any atom is 0.416 e. The number of ether oxygens (including phenoxy) is 1.